The summed E-state index contributed by atoms with van der Waals surface area (Å²) in [5, 5.41) is 4.66. The zero-order valence-corrected chi connectivity index (χ0v) is 12.1. The molecule has 0 radical (unpaired) electrons. The Morgan fingerprint density at radius 3 is 2.29 bits per heavy atom. The van der Waals surface area contributed by atoms with E-state index in [1.165, 1.54) is 0 Å². The molecule has 0 unspecified atom stereocenters. The van der Waals surface area contributed by atoms with Crippen LogP contribution >= 0.6 is 0 Å². The molecule has 1 heterocycles. The average molecular weight is 279 g/mol. The lowest BCUT2D eigenvalue weighted by Gasteiger charge is -2.03. The normalized spacial score (nSPS) is 10.6. The van der Waals surface area contributed by atoms with Crippen LogP contribution in [0.15, 0.2) is 54.6 Å². The molecular weight excluding hydrogens is 262 g/mol. The molecule has 3 aromatic rings. The van der Waals surface area contributed by atoms with Crippen molar-refractivity contribution < 1.29 is 4.74 Å². The fourth-order valence-corrected chi connectivity index (χ4v) is 2.30. The number of nitrogen functional groups attached to an aromatic ring is 1. The summed E-state index contributed by atoms with van der Waals surface area (Å²) in [5.74, 6) is 1.49. The number of aromatic nitrogens is 2. The van der Waals surface area contributed by atoms with Gasteiger partial charge in [-0.15, -0.1) is 0 Å². The van der Waals surface area contributed by atoms with Gasteiger partial charge in [0.05, 0.1) is 18.5 Å². The van der Waals surface area contributed by atoms with Gasteiger partial charge in [-0.3, -0.25) is 0 Å². The Balaban J connectivity index is 2.08. The summed E-state index contributed by atoms with van der Waals surface area (Å²) in [4.78, 5) is 0. The van der Waals surface area contributed by atoms with Gasteiger partial charge in [-0.1, -0.05) is 18.2 Å². The number of anilines is 1. The minimum absolute atomic E-state index is 0.659. The van der Waals surface area contributed by atoms with E-state index in [1.54, 1.807) is 11.8 Å². The second-order valence-electron chi connectivity index (χ2n) is 4.83. The molecule has 4 heteroatoms. The second kappa shape index (κ2) is 5.32. The molecule has 0 aliphatic rings. The van der Waals surface area contributed by atoms with Crippen LogP contribution in [0.3, 0.4) is 0 Å². The van der Waals surface area contributed by atoms with Gasteiger partial charge < -0.3 is 10.5 Å². The Labute approximate surface area is 123 Å². The molecule has 3 rings (SSSR count). The summed E-state index contributed by atoms with van der Waals surface area (Å²) in [6.45, 7) is 1.99. The number of methoxy groups -OCH3 is 1. The molecule has 0 saturated heterocycles. The van der Waals surface area contributed by atoms with Crippen LogP contribution in [0, 0.1) is 6.92 Å². The van der Waals surface area contributed by atoms with Crippen molar-refractivity contribution in [2.24, 2.45) is 0 Å². The van der Waals surface area contributed by atoms with Gasteiger partial charge in [0.2, 0.25) is 0 Å². The van der Waals surface area contributed by atoms with Gasteiger partial charge in [-0.25, -0.2) is 4.68 Å². The third-order valence-electron chi connectivity index (χ3n) is 3.53. The summed E-state index contributed by atoms with van der Waals surface area (Å²) < 4.78 is 6.96. The quantitative estimate of drug-likeness (QED) is 0.799. The van der Waals surface area contributed by atoms with Crippen LogP contribution in [0.2, 0.25) is 0 Å². The van der Waals surface area contributed by atoms with Gasteiger partial charge in [0.1, 0.15) is 11.6 Å². The minimum Gasteiger partial charge on any atom is -0.497 e. The van der Waals surface area contributed by atoms with Gasteiger partial charge in [0.25, 0.3) is 0 Å². The van der Waals surface area contributed by atoms with Crippen molar-refractivity contribution in [2.75, 3.05) is 12.8 Å². The lowest BCUT2D eigenvalue weighted by Crippen LogP contribution is -2.01. The van der Waals surface area contributed by atoms with Crippen molar-refractivity contribution in [3.05, 3.63) is 60.2 Å². The van der Waals surface area contributed by atoms with Crippen LogP contribution in [-0.4, -0.2) is 16.9 Å². The molecule has 0 aliphatic heterocycles. The first-order chi connectivity index (χ1) is 10.2. The number of hydrogen-bond acceptors (Lipinski definition) is 3. The number of para-hydroxylation sites is 1. The van der Waals surface area contributed by atoms with Crippen LogP contribution in [0.4, 0.5) is 5.82 Å². The standard InChI is InChI=1S/C17H17N3O/c1-12-16(13-8-10-15(21-2)11-9-13)19-20(17(12)18)14-6-4-3-5-7-14/h3-11H,18H2,1-2H3. The minimum atomic E-state index is 0.659. The molecule has 21 heavy (non-hydrogen) atoms. The molecule has 0 saturated carbocycles. The third-order valence-corrected chi connectivity index (χ3v) is 3.53. The molecule has 0 spiro atoms. The van der Waals surface area contributed by atoms with Gasteiger partial charge in [0.15, 0.2) is 0 Å². The fraction of sp³-hybridized carbons (Fsp3) is 0.118. The van der Waals surface area contributed by atoms with Crippen LogP contribution < -0.4 is 10.5 Å². The Bertz CT molecular complexity index is 746. The molecule has 0 bridgehead atoms. The van der Waals surface area contributed by atoms with E-state index in [4.69, 9.17) is 10.5 Å². The first-order valence-corrected chi connectivity index (χ1v) is 6.75. The van der Waals surface area contributed by atoms with Crippen LogP contribution in [-0.2, 0) is 0 Å². The highest BCUT2D eigenvalue weighted by atomic mass is 16.5. The Morgan fingerprint density at radius 2 is 1.67 bits per heavy atom. The maximum absolute atomic E-state index is 6.20. The number of nitrogens with zero attached hydrogens (tertiary/aromatic N) is 2. The maximum Gasteiger partial charge on any atom is 0.130 e. The SMILES string of the molecule is COc1ccc(-c2nn(-c3ccccc3)c(N)c2C)cc1. The number of benzene rings is 2. The number of rotatable bonds is 3. The van der Waals surface area contributed by atoms with E-state index < -0.39 is 0 Å². The monoisotopic (exact) mass is 279 g/mol. The lowest BCUT2D eigenvalue weighted by molar-refractivity contribution is 0.415. The van der Waals surface area contributed by atoms with Crippen molar-refractivity contribution in [2.45, 2.75) is 6.92 Å². The predicted octanol–water partition coefficient (Wildman–Crippen LogP) is 3.44. The summed E-state index contributed by atoms with van der Waals surface area (Å²) in [6, 6.07) is 17.7. The third kappa shape index (κ3) is 2.36. The molecular formula is C17H17N3O. The van der Waals surface area contributed by atoms with Crippen molar-refractivity contribution in [1.29, 1.82) is 0 Å². The number of hydrogen-bond donors (Lipinski definition) is 1. The van der Waals surface area contributed by atoms with Crippen LogP contribution in [0.5, 0.6) is 5.75 Å². The Morgan fingerprint density at radius 1 is 1.00 bits per heavy atom. The molecule has 2 N–H and O–H groups in total. The van der Waals surface area contributed by atoms with E-state index >= 15 is 0 Å². The van der Waals surface area contributed by atoms with E-state index in [-0.39, 0.29) is 0 Å². The fourth-order valence-electron chi connectivity index (χ4n) is 2.30. The van der Waals surface area contributed by atoms with E-state index in [9.17, 15) is 0 Å². The van der Waals surface area contributed by atoms with Gasteiger partial charge in [0, 0.05) is 11.1 Å². The summed E-state index contributed by atoms with van der Waals surface area (Å²) in [7, 11) is 1.66. The zero-order valence-electron chi connectivity index (χ0n) is 12.1. The average Bonchev–Trinajstić information content (AvgIpc) is 2.84. The molecule has 0 aliphatic carbocycles. The molecule has 2 aromatic carbocycles. The number of ether oxygens (including phenoxy) is 1. The van der Waals surface area contributed by atoms with Crippen molar-refractivity contribution in [1.82, 2.24) is 9.78 Å². The van der Waals surface area contributed by atoms with E-state index in [0.29, 0.717) is 5.82 Å². The van der Waals surface area contributed by atoms with Crippen LogP contribution in [0.25, 0.3) is 16.9 Å². The largest absolute Gasteiger partial charge is 0.497 e. The highest BCUT2D eigenvalue weighted by molar-refractivity contribution is 5.69. The first kappa shape index (κ1) is 13.2. The predicted molar refractivity (Wildman–Crippen MR) is 84.7 cm³/mol. The van der Waals surface area contributed by atoms with E-state index in [1.807, 2.05) is 61.5 Å². The Kier molecular flexibility index (Phi) is 3.36. The van der Waals surface area contributed by atoms with Crippen molar-refractivity contribution in [3.8, 4) is 22.7 Å². The Hall–Kier alpha value is -2.75. The van der Waals surface area contributed by atoms with E-state index in [0.717, 1.165) is 28.3 Å². The van der Waals surface area contributed by atoms with Crippen molar-refractivity contribution in [3.63, 3.8) is 0 Å². The summed E-state index contributed by atoms with van der Waals surface area (Å²) in [5.41, 5.74) is 10.0. The molecule has 1 aromatic heterocycles. The highest BCUT2D eigenvalue weighted by Crippen LogP contribution is 2.29. The lowest BCUT2D eigenvalue weighted by atomic mass is 10.1. The first-order valence-electron chi connectivity index (χ1n) is 6.75. The second-order valence-corrected chi connectivity index (χ2v) is 4.83. The van der Waals surface area contributed by atoms with Gasteiger partial charge in [-0.2, -0.15) is 5.10 Å². The van der Waals surface area contributed by atoms with Gasteiger partial charge in [-0.05, 0) is 43.3 Å². The molecule has 4 nitrogen and oxygen atoms in total. The van der Waals surface area contributed by atoms with Gasteiger partial charge >= 0.3 is 0 Å². The smallest absolute Gasteiger partial charge is 0.130 e. The summed E-state index contributed by atoms with van der Waals surface area (Å²) in [6.07, 6.45) is 0. The molecule has 0 fully saturated rings. The maximum atomic E-state index is 6.20. The van der Waals surface area contributed by atoms with E-state index in [2.05, 4.69) is 5.10 Å². The molecule has 0 amide bonds. The molecule has 0 atom stereocenters. The zero-order chi connectivity index (χ0) is 14.8. The number of nitrogens with two attached hydrogens (primary N) is 1. The van der Waals surface area contributed by atoms with Crippen molar-refractivity contribution >= 4 is 5.82 Å². The highest BCUT2D eigenvalue weighted by Gasteiger charge is 2.14. The molecule has 106 valence electrons. The van der Waals surface area contributed by atoms with Crippen LogP contribution in [0.1, 0.15) is 5.56 Å². The summed E-state index contributed by atoms with van der Waals surface area (Å²) >= 11 is 0. The topological polar surface area (TPSA) is 53.1 Å².